The number of halogens is 1. The molecule has 2 saturated carbocycles. The molecule has 1 spiro atoms. The van der Waals surface area contributed by atoms with Crippen LogP contribution in [0.15, 0.2) is 4.99 Å². The Morgan fingerprint density at radius 2 is 1.96 bits per heavy atom. The van der Waals surface area contributed by atoms with E-state index in [-0.39, 0.29) is 41.8 Å². The number of amides is 1. The van der Waals surface area contributed by atoms with Gasteiger partial charge in [0, 0.05) is 38.8 Å². The number of nitrogens with one attached hydrogen (secondary N) is 3. The van der Waals surface area contributed by atoms with Gasteiger partial charge in [0.25, 0.3) is 0 Å². The fourth-order valence-electron chi connectivity index (χ4n) is 4.14. The SMILES string of the molecule is CCOC1CC(NC(=NC)NCC(=O)NCCOC)C12CCCCC2.I. The summed E-state index contributed by atoms with van der Waals surface area (Å²) in [6.07, 6.45) is 7.65. The molecule has 0 aromatic rings. The first-order valence-corrected chi connectivity index (χ1v) is 9.50. The quantitative estimate of drug-likeness (QED) is 0.212. The average Bonchev–Trinajstić information content (AvgIpc) is 2.64. The summed E-state index contributed by atoms with van der Waals surface area (Å²) in [6.45, 7) is 4.08. The summed E-state index contributed by atoms with van der Waals surface area (Å²) < 4.78 is 10.9. The zero-order valence-corrected chi connectivity index (χ0v) is 18.6. The number of hydrogen-bond acceptors (Lipinski definition) is 4. The third-order valence-electron chi connectivity index (χ3n) is 5.52. The molecule has 8 heteroatoms. The van der Waals surface area contributed by atoms with Gasteiger partial charge in [-0.3, -0.25) is 9.79 Å². The Hall–Kier alpha value is -0.610. The van der Waals surface area contributed by atoms with E-state index in [1.165, 1.54) is 32.1 Å². The van der Waals surface area contributed by atoms with Crippen LogP contribution in [-0.4, -0.2) is 64.5 Å². The molecule has 26 heavy (non-hydrogen) atoms. The molecule has 3 N–H and O–H groups in total. The molecular formula is C18H35IN4O3. The fourth-order valence-corrected chi connectivity index (χ4v) is 4.14. The van der Waals surface area contributed by atoms with Crippen molar-refractivity contribution in [3.05, 3.63) is 0 Å². The van der Waals surface area contributed by atoms with E-state index in [4.69, 9.17) is 9.47 Å². The van der Waals surface area contributed by atoms with Gasteiger partial charge in [0.15, 0.2) is 5.96 Å². The molecule has 0 aliphatic heterocycles. The van der Waals surface area contributed by atoms with Crippen molar-refractivity contribution in [1.29, 1.82) is 0 Å². The number of rotatable bonds is 8. The smallest absolute Gasteiger partial charge is 0.239 e. The highest BCUT2D eigenvalue weighted by molar-refractivity contribution is 14.0. The topological polar surface area (TPSA) is 84.0 Å². The van der Waals surface area contributed by atoms with Crippen molar-refractivity contribution >= 4 is 35.8 Å². The van der Waals surface area contributed by atoms with Gasteiger partial charge in [0.05, 0.1) is 19.3 Å². The lowest BCUT2D eigenvalue weighted by atomic mass is 9.55. The molecule has 0 aromatic heterocycles. The van der Waals surface area contributed by atoms with Crippen molar-refractivity contribution < 1.29 is 14.3 Å². The lowest BCUT2D eigenvalue weighted by Gasteiger charge is -2.57. The largest absolute Gasteiger partial charge is 0.383 e. The minimum atomic E-state index is -0.0619. The van der Waals surface area contributed by atoms with E-state index in [9.17, 15) is 4.79 Å². The van der Waals surface area contributed by atoms with Gasteiger partial charge >= 0.3 is 0 Å². The maximum absolute atomic E-state index is 11.8. The van der Waals surface area contributed by atoms with Crippen LogP contribution in [-0.2, 0) is 14.3 Å². The maximum Gasteiger partial charge on any atom is 0.239 e. The number of ether oxygens (including phenoxy) is 2. The number of aliphatic imine (C=N–C) groups is 1. The van der Waals surface area contributed by atoms with Crippen molar-refractivity contribution in [2.75, 3.05) is 40.5 Å². The molecule has 0 aromatic carbocycles. The molecule has 2 rings (SSSR count). The van der Waals surface area contributed by atoms with Crippen molar-refractivity contribution in [1.82, 2.24) is 16.0 Å². The number of nitrogens with zero attached hydrogens (tertiary/aromatic N) is 1. The summed E-state index contributed by atoms with van der Waals surface area (Å²) >= 11 is 0. The lowest BCUT2D eigenvalue weighted by molar-refractivity contribution is -0.145. The molecule has 0 bridgehead atoms. The Morgan fingerprint density at radius 3 is 2.58 bits per heavy atom. The fraction of sp³-hybridized carbons (Fsp3) is 0.889. The van der Waals surface area contributed by atoms with E-state index in [2.05, 4.69) is 27.9 Å². The summed E-state index contributed by atoms with van der Waals surface area (Å²) in [5, 5.41) is 9.43. The van der Waals surface area contributed by atoms with Gasteiger partial charge in [0.1, 0.15) is 0 Å². The summed E-state index contributed by atoms with van der Waals surface area (Å²) in [5.41, 5.74) is 0.229. The molecule has 7 nitrogen and oxygen atoms in total. The molecule has 1 amide bonds. The highest BCUT2D eigenvalue weighted by Gasteiger charge is 2.55. The van der Waals surface area contributed by atoms with Crippen LogP contribution >= 0.6 is 24.0 Å². The second-order valence-electron chi connectivity index (χ2n) is 6.94. The average molecular weight is 482 g/mol. The lowest BCUT2D eigenvalue weighted by Crippen LogP contribution is -2.66. The van der Waals surface area contributed by atoms with Gasteiger partial charge in [-0.2, -0.15) is 0 Å². The molecule has 2 aliphatic rings. The number of carbonyl (C=O) groups is 1. The molecule has 0 saturated heterocycles. The van der Waals surface area contributed by atoms with Crippen molar-refractivity contribution in [3.8, 4) is 0 Å². The van der Waals surface area contributed by atoms with Crippen molar-refractivity contribution in [2.24, 2.45) is 10.4 Å². The van der Waals surface area contributed by atoms with Crippen LogP contribution in [0.2, 0.25) is 0 Å². The van der Waals surface area contributed by atoms with Crippen LogP contribution in [0.1, 0.15) is 45.4 Å². The third kappa shape index (κ3) is 5.95. The van der Waals surface area contributed by atoms with E-state index in [0.29, 0.717) is 31.3 Å². The van der Waals surface area contributed by atoms with Crippen LogP contribution < -0.4 is 16.0 Å². The first-order chi connectivity index (χ1) is 12.2. The van der Waals surface area contributed by atoms with Crippen LogP contribution in [0.25, 0.3) is 0 Å². The number of guanidine groups is 1. The predicted molar refractivity (Wildman–Crippen MR) is 114 cm³/mol. The molecule has 2 atom stereocenters. The van der Waals surface area contributed by atoms with E-state index >= 15 is 0 Å². The molecule has 2 aliphatic carbocycles. The maximum atomic E-state index is 11.8. The second kappa shape index (κ2) is 12.0. The monoisotopic (exact) mass is 482 g/mol. The molecule has 152 valence electrons. The zero-order valence-electron chi connectivity index (χ0n) is 16.3. The zero-order chi connectivity index (χ0) is 18.1. The number of methoxy groups -OCH3 is 1. The Balaban J connectivity index is 0.00000338. The second-order valence-corrected chi connectivity index (χ2v) is 6.94. The van der Waals surface area contributed by atoms with Gasteiger partial charge in [-0.25, -0.2) is 0 Å². The summed E-state index contributed by atoms with van der Waals surface area (Å²) in [7, 11) is 3.36. The molecule has 0 radical (unpaired) electrons. The Labute approximate surface area is 174 Å². The van der Waals surface area contributed by atoms with Gasteiger partial charge < -0.3 is 25.4 Å². The normalized spacial score (nSPS) is 24.3. The highest BCUT2D eigenvalue weighted by Crippen LogP contribution is 2.53. The first-order valence-electron chi connectivity index (χ1n) is 9.50. The van der Waals surface area contributed by atoms with E-state index < -0.39 is 0 Å². The minimum absolute atomic E-state index is 0. The Morgan fingerprint density at radius 1 is 1.23 bits per heavy atom. The van der Waals surface area contributed by atoms with Crippen LogP contribution in [0.4, 0.5) is 0 Å². The summed E-state index contributed by atoms with van der Waals surface area (Å²) in [6, 6.07) is 0.368. The van der Waals surface area contributed by atoms with E-state index in [1.54, 1.807) is 14.2 Å². The highest BCUT2D eigenvalue weighted by atomic mass is 127. The van der Waals surface area contributed by atoms with Crippen LogP contribution in [0.5, 0.6) is 0 Å². The molecule has 2 unspecified atom stereocenters. The summed E-state index contributed by atoms with van der Waals surface area (Å²) in [5.74, 6) is 0.625. The molecule has 0 heterocycles. The summed E-state index contributed by atoms with van der Waals surface area (Å²) in [4.78, 5) is 16.1. The van der Waals surface area contributed by atoms with E-state index in [0.717, 1.165) is 13.0 Å². The first kappa shape index (κ1) is 23.4. The van der Waals surface area contributed by atoms with Gasteiger partial charge in [-0.05, 0) is 26.2 Å². The van der Waals surface area contributed by atoms with Gasteiger partial charge in [0.2, 0.25) is 5.91 Å². The third-order valence-corrected chi connectivity index (χ3v) is 5.52. The Kier molecular flexibility index (Phi) is 10.8. The van der Waals surface area contributed by atoms with Crippen molar-refractivity contribution in [2.45, 2.75) is 57.6 Å². The van der Waals surface area contributed by atoms with Crippen molar-refractivity contribution in [3.63, 3.8) is 0 Å². The standard InChI is InChI=1S/C18H34N4O3.HI/c1-4-25-15-12-14(18(15)8-6-5-7-9-18)22-17(19-2)21-13-16(23)20-10-11-24-3;/h14-15H,4-13H2,1-3H3,(H,20,23)(H2,19,21,22);1H. The number of hydrogen-bond donors (Lipinski definition) is 3. The molecule has 2 fully saturated rings. The minimum Gasteiger partial charge on any atom is -0.383 e. The van der Waals surface area contributed by atoms with Crippen LogP contribution in [0.3, 0.4) is 0 Å². The van der Waals surface area contributed by atoms with E-state index in [1.807, 2.05) is 0 Å². The van der Waals surface area contributed by atoms with Gasteiger partial charge in [-0.15, -0.1) is 24.0 Å². The predicted octanol–water partition coefficient (Wildman–Crippen LogP) is 1.66. The number of carbonyl (C=O) groups excluding carboxylic acids is 1. The van der Waals surface area contributed by atoms with Crippen LogP contribution in [0, 0.1) is 5.41 Å². The molecular weight excluding hydrogens is 447 g/mol. The van der Waals surface area contributed by atoms with Gasteiger partial charge in [-0.1, -0.05) is 19.3 Å². The Bertz CT molecular complexity index is 456.